The minimum absolute atomic E-state index is 0.0150. The van der Waals surface area contributed by atoms with Crippen LogP contribution in [0.15, 0.2) is 66.2 Å². The van der Waals surface area contributed by atoms with E-state index in [1.807, 2.05) is 6.92 Å². The van der Waals surface area contributed by atoms with Gasteiger partial charge in [0.1, 0.15) is 29.2 Å². The predicted octanol–water partition coefficient (Wildman–Crippen LogP) is 5.39. The van der Waals surface area contributed by atoms with Gasteiger partial charge in [0, 0.05) is 12.0 Å². The van der Waals surface area contributed by atoms with Crippen LogP contribution in [0.3, 0.4) is 0 Å². The van der Waals surface area contributed by atoms with Crippen LogP contribution in [0.2, 0.25) is 0 Å². The number of ketones is 1. The number of aromatic nitrogens is 1. The fraction of sp³-hybridized carbons (Fsp3) is 0.179. The van der Waals surface area contributed by atoms with E-state index >= 15 is 0 Å². The normalized spacial score (nSPS) is 20.4. The molecule has 0 bridgehead atoms. The van der Waals surface area contributed by atoms with Crippen molar-refractivity contribution in [1.29, 1.82) is 0 Å². The quantitative estimate of drug-likeness (QED) is 0.222. The van der Waals surface area contributed by atoms with Crippen molar-refractivity contribution in [2.24, 2.45) is 0 Å². The molecule has 1 amide bonds. The summed E-state index contributed by atoms with van der Waals surface area (Å²) in [6.45, 7) is 1.96. The largest absolute Gasteiger partial charge is 0.507 e. The third-order valence-electron chi connectivity index (χ3n) is 6.59. The Kier molecular flexibility index (Phi) is 5.45. The molecule has 186 valence electrons. The highest BCUT2D eigenvalue weighted by Gasteiger charge is 2.48. The minimum atomic E-state index is -0.945. The molecule has 2 aliphatic rings. The number of Topliss-reactive ketones (excluding diaryl/α,β-unsaturated/α-hetero) is 1. The number of aliphatic hydroxyl groups is 1. The first-order chi connectivity index (χ1) is 17.8. The van der Waals surface area contributed by atoms with E-state index in [2.05, 4.69) is 4.98 Å². The van der Waals surface area contributed by atoms with Gasteiger partial charge < -0.3 is 14.6 Å². The molecule has 0 spiro atoms. The number of anilines is 1. The van der Waals surface area contributed by atoms with Gasteiger partial charge in [0.15, 0.2) is 5.13 Å². The number of hydrogen-bond donors (Lipinski definition) is 1. The maximum Gasteiger partial charge on any atom is 0.301 e. The van der Waals surface area contributed by atoms with E-state index in [4.69, 9.17) is 9.47 Å². The first-order valence-electron chi connectivity index (χ1n) is 11.6. The monoisotopic (exact) mass is 516 g/mol. The smallest absolute Gasteiger partial charge is 0.301 e. The number of halogens is 1. The van der Waals surface area contributed by atoms with E-state index < -0.39 is 23.5 Å². The molecule has 3 heterocycles. The van der Waals surface area contributed by atoms with Crippen LogP contribution in [-0.2, 0) is 16.0 Å². The van der Waals surface area contributed by atoms with Crippen LogP contribution < -0.4 is 14.4 Å². The van der Waals surface area contributed by atoms with Gasteiger partial charge in [-0.25, -0.2) is 9.37 Å². The van der Waals surface area contributed by atoms with Gasteiger partial charge in [-0.3, -0.25) is 14.5 Å². The van der Waals surface area contributed by atoms with Crippen LogP contribution in [0.4, 0.5) is 9.52 Å². The standard InChI is InChI=1S/C28H21FN2O5S/c1-14-11-17-12-16(5-10-21(17)36-14)25(32)23-24(15-3-7-19(35-2)8-4-15)31(27(34)26(23)33)28-30-20-9-6-18(29)13-22(20)37-28/h3-10,12-14,24,32H,11H2,1-2H3/t14-,24+/m1/s1. The number of fused-ring (bicyclic) bond motifs is 2. The van der Waals surface area contributed by atoms with Gasteiger partial charge in [-0.15, -0.1) is 0 Å². The molecule has 1 aromatic heterocycles. The summed E-state index contributed by atoms with van der Waals surface area (Å²) in [4.78, 5) is 32.6. The molecule has 0 unspecified atom stereocenters. The molecular weight excluding hydrogens is 495 g/mol. The summed E-state index contributed by atoms with van der Waals surface area (Å²) < 4.78 is 25.4. The Morgan fingerprint density at radius 2 is 1.92 bits per heavy atom. The van der Waals surface area contributed by atoms with E-state index in [0.29, 0.717) is 33.5 Å². The van der Waals surface area contributed by atoms with Crippen molar-refractivity contribution in [2.75, 3.05) is 12.0 Å². The number of benzene rings is 3. The van der Waals surface area contributed by atoms with Gasteiger partial charge in [-0.2, -0.15) is 0 Å². The Hall–Kier alpha value is -4.24. The number of amides is 1. The second kappa shape index (κ2) is 8.70. The molecule has 1 saturated heterocycles. The third kappa shape index (κ3) is 3.82. The van der Waals surface area contributed by atoms with Gasteiger partial charge in [-0.1, -0.05) is 23.5 Å². The molecule has 2 aliphatic heterocycles. The summed E-state index contributed by atoms with van der Waals surface area (Å²) in [5.74, 6) is -1.02. The molecule has 1 N–H and O–H groups in total. The minimum Gasteiger partial charge on any atom is -0.507 e. The van der Waals surface area contributed by atoms with Crippen molar-refractivity contribution in [1.82, 2.24) is 4.98 Å². The molecule has 6 rings (SSSR count). The molecule has 1 fully saturated rings. The number of aliphatic hydroxyl groups excluding tert-OH is 1. The van der Waals surface area contributed by atoms with Crippen LogP contribution in [0, 0.1) is 5.82 Å². The Bertz CT molecular complexity index is 1610. The third-order valence-corrected chi connectivity index (χ3v) is 7.61. The summed E-state index contributed by atoms with van der Waals surface area (Å²) in [7, 11) is 1.54. The highest BCUT2D eigenvalue weighted by atomic mass is 32.1. The topological polar surface area (TPSA) is 89.0 Å². The molecule has 9 heteroatoms. The van der Waals surface area contributed by atoms with Crippen LogP contribution in [-0.4, -0.2) is 35.0 Å². The van der Waals surface area contributed by atoms with Gasteiger partial charge in [0.2, 0.25) is 0 Å². The van der Waals surface area contributed by atoms with E-state index in [1.54, 1.807) is 49.6 Å². The average molecular weight is 517 g/mol. The zero-order valence-corrected chi connectivity index (χ0v) is 20.7. The molecular formula is C28H21FN2O5S. The van der Waals surface area contributed by atoms with Gasteiger partial charge in [0.25, 0.3) is 5.78 Å². The maximum absolute atomic E-state index is 13.8. The Balaban J connectivity index is 1.53. The predicted molar refractivity (Wildman–Crippen MR) is 138 cm³/mol. The fourth-order valence-electron chi connectivity index (χ4n) is 4.85. The number of methoxy groups -OCH3 is 1. The highest BCUT2D eigenvalue weighted by molar-refractivity contribution is 7.22. The lowest BCUT2D eigenvalue weighted by Gasteiger charge is -2.23. The van der Waals surface area contributed by atoms with Crippen molar-refractivity contribution in [3.63, 3.8) is 0 Å². The number of ether oxygens (including phenoxy) is 2. The zero-order chi connectivity index (χ0) is 25.8. The second-order valence-electron chi connectivity index (χ2n) is 9.01. The summed E-state index contributed by atoms with van der Waals surface area (Å²) in [6, 6.07) is 15.3. The van der Waals surface area contributed by atoms with Crippen LogP contribution in [0.1, 0.15) is 29.7 Å². The SMILES string of the molecule is COc1ccc([C@H]2C(=C(O)c3ccc4c(c3)C[C@@H](C)O4)C(=O)C(=O)N2c2nc3ccc(F)cc3s2)cc1. The van der Waals surface area contributed by atoms with E-state index in [9.17, 15) is 19.1 Å². The van der Waals surface area contributed by atoms with Crippen molar-refractivity contribution < 1.29 is 28.6 Å². The number of rotatable bonds is 4. The van der Waals surface area contributed by atoms with Crippen molar-refractivity contribution in [3.8, 4) is 11.5 Å². The summed E-state index contributed by atoms with van der Waals surface area (Å²) >= 11 is 1.10. The number of carbonyl (C=O) groups excluding carboxylic acids is 2. The number of hydrogen-bond acceptors (Lipinski definition) is 7. The number of carbonyl (C=O) groups is 2. The van der Waals surface area contributed by atoms with Gasteiger partial charge in [0.05, 0.1) is 28.9 Å². The van der Waals surface area contributed by atoms with Gasteiger partial charge >= 0.3 is 5.91 Å². The Morgan fingerprint density at radius 1 is 1.14 bits per heavy atom. The lowest BCUT2D eigenvalue weighted by Crippen LogP contribution is -2.29. The number of thiazole rings is 1. The van der Waals surface area contributed by atoms with Crippen LogP contribution in [0.25, 0.3) is 16.0 Å². The van der Waals surface area contributed by atoms with Crippen molar-refractivity contribution in [2.45, 2.75) is 25.5 Å². The van der Waals surface area contributed by atoms with E-state index in [0.717, 1.165) is 22.6 Å². The molecule has 0 aliphatic carbocycles. The lowest BCUT2D eigenvalue weighted by atomic mass is 9.94. The summed E-state index contributed by atoms with van der Waals surface area (Å²) in [5.41, 5.74) is 2.38. The molecule has 4 aromatic rings. The summed E-state index contributed by atoms with van der Waals surface area (Å²) in [5, 5.41) is 11.7. The molecule has 7 nitrogen and oxygen atoms in total. The molecule has 37 heavy (non-hydrogen) atoms. The first-order valence-corrected chi connectivity index (χ1v) is 12.5. The first kappa shape index (κ1) is 23.2. The van der Waals surface area contributed by atoms with E-state index in [-0.39, 0.29) is 22.6 Å². The molecule has 2 atom stereocenters. The maximum atomic E-state index is 13.8. The van der Waals surface area contributed by atoms with Crippen molar-refractivity contribution in [3.05, 3.63) is 88.7 Å². The van der Waals surface area contributed by atoms with Gasteiger partial charge in [-0.05, 0) is 66.6 Å². The summed E-state index contributed by atoms with van der Waals surface area (Å²) in [6.07, 6.45) is 0.691. The average Bonchev–Trinajstić information content (AvgIpc) is 3.55. The molecule has 3 aromatic carbocycles. The highest BCUT2D eigenvalue weighted by Crippen LogP contribution is 2.45. The Labute approximate surface area is 215 Å². The second-order valence-corrected chi connectivity index (χ2v) is 10.0. The lowest BCUT2D eigenvalue weighted by molar-refractivity contribution is -0.132. The molecule has 0 radical (unpaired) electrons. The van der Waals surface area contributed by atoms with Crippen LogP contribution >= 0.6 is 11.3 Å². The molecule has 0 saturated carbocycles. The fourth-order valence-corrected chi connectivity index (χ4v) is 5.86. The van der Waals surface area contributed by atoms with Crippen molar-refractivity contribution >= 4 is 44.1 Å². The number of nitrogens with zero attached hydrogens (tertiary/aromatic N) is 2. The van der Waals surface area contributed by atoms with Crippen LogP contribution in [0.5, 0.6) is 11.5 Å². The Morgan fingerprint density at radius 3 is 2.68 bits per heavy atom. The zero-order valence-electron chi connectivity index (χ0n) is 19.9. The van der Waals surface area contributed by atoms with E-state index in [1.165, 1.54) is 23.1 Å².